The molecular formula is C17H25N3O5. The number of hydrogen-bond donors (Lipinski definition) is 2. The SMILES string of the molecule is CCOc1ccc([N+](=O)[O-])cc1CNC1CC(N(CC)CC(=O)O)C1. The largest absolute Gasteiger partial charge is 0.494 e. The highest BCUT2D eigenvalue weighted by Crippen LogP contribution is 2.28. The van der Waals surface area contributed by atoms with Gasteiger partial charge in [-0.1, -0.05) is 6.92 Å². The minimum Gasteiger partial charge on any atom is -0.494 e. The highest BCUT2D eigenvalue weighted by Gasteiger charge is 2.33. The monoisotopic (exact) mass is 351 g/mol. The molecule has 0 unspecified atom stereocenters. The van der Waals surface area contributed by atoms with Crippen LogP contribution in [0.5, 0.6) is 5.75 Å². The average molecular weight is 351 g/mol. The van der Waals surface area contributed by atoms with Crippen LogP contribution in [0.25, 0.3) is 0 Å². The number of nitrogens with zero attached hydrogens (tertiary/aromatic N) is 2. The fourth-order valence-corrected chi connectivity index (χ4v) is 3.09. The van der Waals surface area contributed by atoms with Crippen LogP contribution >= 0.6 is 0 Å². The van der Waals surface area contributed by atoms with Gasteiger partial charge in [-0.15, -0.1) is 0 Å². The molecule has 0 saturated heterocycles. The van der Waals surface area contributed by atoms with E-state index < -0.39 is 10.9 Å². The number of ether oxygens (including phenoxy) is 1. The molecule has 1 fully saturated rings. The summed E-state index contributed by atoms with van der Waals surface area (Å²) >= 11 is 0. The molecule has 0 heterocycles. The number of likely N-dealkylation sites (N-methyl/N-ethyl adjacent to an activating group) is 1. The quantitative estimate of drug-likeness (QED) is 0.491. The molecule has 2 rings (SSSR count). The van der Waals surface area contributed by atoms with Crippen molar-refractivity contribution in [1.82, 2.24) is 10.2 Å². The van der Waals surface area contributed by atoms with Crippen LogP contribution in [0.15, 0.2) is 18.2 Å². The number of rotatable bonds is 10. The molecule has 0 aromatic heterocycles. The van der Waals surface area contributed by atoms with Gasteiger partial charge in [0.1, 0.15) is 5.75 Å². The first-order valence-electron chi connectivity index (χ1n) is 8.53. The predicted octanol–water partition coefficient (Wildman–Crippen LogP) is 2.02. The van der Waals surface area contributed by atoms with E-state index in [1.165, 1.54) is 12.1 Å². The van der Waals surface area contributed by atoms with Gasteiger partial charge in [-0.3, -0.25) is 19.8 Å². The Morgan fingerprint density at radius 1 is 1.44 bits per heavy atom. The number of carboxylic acids is 1. The van der Waals surface area contributed by atoms with Gasteiger partial charge < -0.3 is 15.2 Å². The van der Waals surface area contributed by atoms with Crippen molar-refractivity contribution in [2.75, 3.05) is 19.7 Å². The van der Waals surface area contributed by atoms with Gasteiger partial charge in [0.15, 0.2) is 0 Å². The van der Waals surface area contributed by atoms with E-state index in [-0.39, 0.29) is 24.3 Å². The maximum absolute atomic E-state index is 11.0. The molecule has 8 nitrogen and oxygen atoms in total. The summed E-state index contributed by atoms with van der Waals surface area (Å²) in [7, 11) is 0. The molecule has 2 N–H and O–H groups in total. The molecule has 8 heteroatoms. The number of benzene rings is 1. The Bertz CT molecular complexity index is 616. The molecule has 138 valence electrons. The molecule has 0 atom stereocenters. The summed E-state index contributed by atoms with van der Waals surface area (Å²) in [5, 5.41) is 23.3. The molecule has 0 radical (unpaired) electrons. The van der Waals surface area contributed by atoms with Crippen LogP contribution in [0.1, 0.15) is 32.3 Å². The summed E-state index contributed by atoms with van der Waals surface area (Å²) in [6, 6.07) is 5.17. The zero-order valence-corrected chi connectivity index (χ0v) is 14.6. The molecule has 25 heavy (non-hydrogen) atoms. The highest BCUT2D eigenvalue weighted by atomic mass is 16.6. The minimum atomic E-state index is -0.809. The first kappa shape index (κ1) is 19.1. The van der Waals surface area contributed by atoms with Crippen molar-refractivity contribution < 1.29 is 19.6 Å². The second-order valence-corrected chi connectivity index (χ2v) is 6.14. The van der Waals surface area contributed by atoms with Crippen LogP contribution in [0.4, 0.5) is 5.69 Å². The summed E-state index contributed by atoms with van der Waals surface area (Å²) in [6.07, 6.45) is 1.75. The van der Waals surface area contributed by atoms with E-state index >= 15 is 0 Å². The number of nitrogens with one attached hydrogen (secondary N) is 1. The second-order valence-electron chi connectivity index (χ2n) is 6.14. The van der Waals surface area contributed by atoms with Crippen LogP contribution in [-0.4, -0.2) is 52.7 Å². The van der Waals surface area contributed by atoms with Crippen molar-refractivity contribution in [3.8, 4) is 5.75 Å². The molecule has 1 saturated carbocycles. The van der Waals surface area contributed by atoms with Crippen molar-refractivity contribution >= 4 is 11.7 Å². The van der Waals surface area contributed by atoms with Crippen molar-refractivity contribution in [3.05, 3.63) is 33.9 Å². The summed E-state index contributed by atoms with van der Waals surface area (Å²) < 4.78 is 5.54. The van der Waals surface area contributed by atoms with Crippen molar-refractivity contribution in [3.63, 3.8) is 0 Å². The second kappa shape index (κ2) is 8.77. The Kier molecular flexibility index (Phi) is 6.72. The zero-order valence-electron chi connectivity index (χ0n) is 14.6. The summed E-state index contributed by atoms with van der Waals surface area (Å²) in [5.74, 6) is -0.159. The molecule has 0 bridgehead atoms. The number of non-ortho nitro benzene ring substituents is 1. The van der Waals surface area contributed by atoms with Crippen molar-refractivity contribution in [2.24, 2.45) is 0 Å². The Balaban J connectivity index is 1.90. The van der Waals surface area contributed by atoms with E-state index in [0.29, 0.717) is 25.4 Å². The van der Waals surface area contributed by atoms with E-state index in [1.807, 2.05) is 18.7 Å². The summed E-state index contributed by atoms with van der Waals surface area (Å²) in [4.78, 5) is 23.4. The van der Waals surface area contributed by atoms with E-state index in [2.05, 4.69) is 5.32 Å². The molecular weight excluding hydrogens is 326 g/mol. The lowest BCUT2D eigenvalue weighted by molar-refractivity contribution is -0.384. The topological polar surface area (TPSA) is 105 Å². The van der Waals surface area contributed by atoms with Gasteiger partial charge in [-0.25, -0.2) is 0 Å². The molecule has 0 aliphatic heterocycles. The third-order valence-electron chi connectivity index (χ3n) is 4.51. The van der Waals surface area contributed by atoms with Gasteiger partial charge in [-0.2, -0.15) is 0 Å². The van der Waals surface area contributed by atoms with Crippen molar-refractivity contribution in [2.45, 2.75) is 45.3 Å². The van der Waals surface area contributed by atoms with Crippen LogP contribution in [0.3, 0.4) is 0 Å². The lowest BCUT2D eigenvalue weighted by Gasteiger charge is -2.42. The van der Waals surface area contributed by atoms with E-state index in [4.69, 9.17) is 9.84 Å². The highest BCUT2D eigenvalue weighted by molar-refractivity contribution is 5.69. The maximum Gasteiger partial charge on any atom is 0.317 e. The first-order chi connectivity index (χ1) is 11.9. The number of carboxylic acid groups (broad SMARTS) is 1. The predicted molar refractivity (Wildman–Crippen MR) is 92.8 cm³/mol. The van der Waals surface area contributed by atoms with Gasteiger partial charge in [0, 0.05) is 36.3 Å². The summed E-state index contributed by atoms with van der Waals surface area (Å²) in [6.45, 7) is 5.59. The molecule has 1 aromatic rings. The van der Waals surface area contributed by atoms with Gasteiger partial charge in [0.05, 0.1) is 18.1 Å². The van der Waals surface area contributed by atoms with Crippen LogP contribution < -0.4 is 10.1 Å². The molecule has 1 aliphatic rings. The van der Waals surface area contributed by atoms with Crippen molar-refractivity contribution in [1.29, 1.82) is 0 Å². The maximum atomic E-state index is 11.0. The molecule has 0 amide bonds. The summed E-state index contributed by atoms with van der Waals surface area (Å²) in [5.41, 5.74) is 0.808. The Labute approximate surface area is 146 Å². The van der Waals surface area contributed by atoms with Crippen LogP contribution in [-0.2, 0) is 11.3 Å². The Morgan fingerprint density at radius 3 is 2.72 bits per heavy atom. The number of nitro benzene ring substituents is 1. The first-order valence-corrected chi connectivity index (χ1v) is 8.53. The lowest BCUT2D eigenvalue weighted by Crippen LogP contribution is -2.53. The fourth-order valence-electron chi connectivity index (χ4n) is 3.09. The third kappa shape index (κ3) is 5.14. The fraction of sp³-hybridized carbons (Fsp3) is 0.588. The van der Waals surface area contributed by atoms with Gasteiger partial charge in [0.25, 0.3) is 5.69 Å². The van der Waals surface area contributed by atoms with Crippen LogP contribution in [0, 0.1) is 10.1 Å². The third-order valence-corrected chi connectivity index (χ3v) is 4.51. The standard InChI is InChI=1S/C17H25N3O5/c1-3-19(11-17(21)22)15-8-13(9-15)18-10-12-7-14(20(23)24)5-6-16(12)25-4-2/h5-7,13,15,18H,3-4,8-11H2,1-2H3,(H,21,22). The molecule has 1 aliphatic carbocycles. The smallest absolute Gasteiger partial charge is 0.317 e. The minimum absolute atomic E-state index is 0.0466. The average Bonchev–Trinajstić information content (AvgIpc) is 2.53. The Morgan fingerprint density at radius 2 is 2.16 bits per heavy atom. The van der Waals surface area contributed by atoms with Gasteiger partial charge in [0.2, 0.25) is 0 Å². The van der Waals surface area contributed by atoms with Gasteiger partial charge >= 0.3 is 5.97 Å². The number of aliphatic carboxylic acids is 1. The van der Waals surface area contributed by atoms with Crippen LogP contribution in [0.2, 0.25) is 0 Å². The zero-order chi connectivity index (χ0) is 18.4. The number of nitro groups is 1. The number of hydrogen-bond acceptors (Lipinski definition) is 6. The van der Waals surface area contributed by atoms with E-state index in [1.54, 1.807) is 6.07 Å². The molecule has 1 aromatic carbocycles. The van der Waals surface area contributed by atoms with E-state index in [0.717, 1.165) is 18.4 Å². The van der Waals surface area contributed by atoms with E-state index in [9.17, 15) is 14.9 Å². The van der Waals surface area contributed by atoms with Gasteiger partial charge in [-0.05, 0) is 32.4 Å². The normalized spacial score (nSPS) is 19.5. The lowest BCUT2D eigenvalue weighted by atomic mass is 9.85. The number of carbonyl (C=O) groups is 1. The molecule has 0 spiro atoms. The Hall–Kier alpha value is -2.19.